The van der Waals surface area contributed by atoms with E-state index in [1.165, 1.54) is 18.3 Å². The summed E-state index contributed by atoms with van der Waals surface area (Å²) in [5, 5.41) is 3.46. The summed E-state index contributed by atoms with van der Waals surface area (Å²) in [4.78, 5) is 15.8. The fourth-order valence-corrected chi connectivity index (χ4v) is 3.75. The minimum Gasteiger partial charge on any atom is -0.268 e. The van der Waals surface area contributed by atoms with Gasteiger partial charge in [0.25, 0.3) is 15.9 Å². The van der Waals surface area contributed by atoms with Gasteiger partial charge in [-0.2, -0.15) is 8.42 Å². The Bertz CT molecular complexity index is 773. The largest absolute Gasteiger partial charge is 0.285 e. The predicted octanol–water partition coefficient (Wildman–Crippen LogP) is 0.931. The molecule has 0 unspecified atom stereocenters. The van der Waals surface area contributed by atoms with Crippen LogP contribution in [-0.2, 0) is 16.6 Å². The lowest BCUT2D eigenvalue weighted by molar-refractivity contribution is 0.0864. The van der Waals surface area contributed by atoms with Crippen LogP contribution in [0.3, 0.4) is 0 Å². The van der Waals surface area contributed by atoms with E-state index in [0.717, 1.165) is 11.5 Å². The molecular weight excluding hydrogens is 312 g/mol. The maximum atomic E-state index is 12.2. The highest BCUT2D eigenvalue weighted by atomic mass is 35.5. The summed E-state index contributed by atoms with van der Waals surface area (Å²) in [7, 11) is -3.94. The number of aromatic nitrogens is 3. The van der Waals surface area contributed by atoms with E-state index in [1.807, 2.05) is 0 Å². The molecule has 0 saturated carbocycles. The average Bonchev–Trinajstić information content (AvgIpc) is 2.87. The summed E-state index contributed by atoms with van der Waals surface area (Å²) in [6.07, 6.45) is 1.32. The second-order valence-corrected chi connectivity index (χ2v) is 6.80. The van der Waals surface area contributed by atoms with Crippen LogP contribution in [-0.4, -0.2) is 33.2 Å². The molecule has 1 aliphatic heterocycles. The molecule has 0 N–H and O–H groups in total. The van der Waals surface area contributed by atoms with Gasteiger partial charge >= 0.3 is 0 Å². The van der Waals surface area contributed by atoms with Crippen molar-refractivity contribution >= 4 is 39.1 Å². The molecule has 0 bridgehead atoms. The molecule has 0 fully saturated rings. The number of rotatable bonds is 2. The second-order valence-electron chi connectivity index (χ2n) is 3.67. The van der Waals surface area contributed by atoms with Gasteiger partial charge in [0.15, 0.2) is 5.03 Å². The van der Waals surface area contributed by atoms with Crippen molar-refractivity contribution in [2.45, 2.75) is 11.6 Å². The lowest BCUT2D eigenvalue weighted by atomic mass is 10.2. The Morgan fingerprint density at radius 1 is 1.42 bits per heavy atom. The highest BCUT2D eigenvalue weighted by molar-refractivity contribution is 7.90. The van der Waals surface area contributed by atoms with Crippen LogP contribution in [0.1, 0.15) is 16.1 Å². The van der Waals surface area contributed by atoms with E-state index in [2.05, 4.69) is 14.6 Å². The zero-order valence-electron chi connectivity index (χ0n) is 9.15. The fraction of sp³-hybridized carbons (Fsp3) is 0.111. The maximum absolute atomic E-state index is 12.2. The first-order valence-electron chi connectivity index (χ1n) is 5.00. The lowest BCUT2D eigenvalue weighted by Crippen LogP contribution is -2.29. The van der Waals surface area contributed by atoms with Gasteiger partial charge in [0.2, 0.25) is 0 Å². The zero-order chi connectivity index (χ0) is 13.6. The number of hydrogen-bond acceptors (Lipinski definition) is 7. The van der Waals surface area contributed by atoms with Gasteiger partial charge < -0.3 is 0 Å². The van der Waals surface area contributed by atoms with Crippen molar-refractivity contribution in [3.05, 3.63) is 33.9 Å². The number of carbonyl (C=O) groups excluding carboxylic acids is 1. The van der Waals surface area contributed by atoms with Crippen molar-refractivity contribution in [3.8, 4) is 0 Å². The van der Waals surface area contributed by atoms with Crippen LogP contribution in [0, 0.1) is 0 Å². The van der Waals surface area contributed by atoms with Gasteiger partial charge in [-0.25, -0.2) is 9.29 Å². The molecular formula is C9H5ClN4O3S2. The van der Waals surface area contributed by atoms with Gasteiger partial charge in [-0.1, -0.05) is 16.1 Å². The molecule has 3 rings (SSSR count). The van der Waals surface area contributed by atoms with Crippen molar-refractivity contribution < 1.29 is 13.2 Å². The van der Waals surface area contributed by atoms with E-state index in [-0.39, 0.29) is 27.2 Å². The topological polar surface area (TPSA) is 93.1 Å². The maximum Gasteiger partial charge on any atom is 0.285 e. The highest BCUT2D eigenvalue weighted by Crippen LogP contribution is 2.30. The van der Waals surface area contributed by atoms with E-state index in [9.17, 15) is 13.2 Å². The third kappa shape index (κ3) is 1.81. The quantitative estimate of drug-likeness (QED) is 0.818. The normalized spacial score (nSPS) is 16.7. The SMILES string of the molecule is O=C1c2cccnc2S(=O)(=O)N1Cc1nnsc1Cl. The zero-order valence-corrected chi connectivity index (χ0v) is 11.5. The molecule has 10 heteroatoms. The summed E-state index contributed by atoms with van der Waals surface area (Å²) < 4.78 is 28.9. The monoisotopic (exact) mass is 316 g/mol. The molecule has 2 aromatic heterocycles. The van der Waals surface area contributed by atoms with Gasteiger partial charge in [0.1, 0.15) is 10.0 Å². The molecule has 3 heterocycles. The number of amides is 1. The summed E-state index contributed by atoms with van der Waals surface area (Å²) in [6, 6.07) is 2.93. The van der Waals surface area contributed by atoms with Crippen LogP contribution >= 0.6 is 23.1 Å². The van der Waals surface area contributed by atoms with Gasteiger partial charge in [0, 0.05) is 17.7 Å². The van der Waals surface area contributed by atoms with Gasteiger partial charge in [-0.15, -0.1) is 5.10 Å². The summed E-state index contributed by atoms with van der Waals surface area (Å²) in [5.74, 6) is -0.632. The van der Waals surface area contributed by atoms with E-state index in [0.29, 0.717) is 4.31 Å². The molecule has 1 amide bonds. The van der Waals surface area contributed by atoms with Crippen molar-refractivity contribution in [2.24, 2.45) is 0 Å². The number of carbonyl (C=O) groups is 1. The first kappa shape index (κ1) is 12.5. The average molecular weight is 317 g/mol. The van der Waals surface area contributed by atoms with Crippen molar-refractivity contribution in [3.63, 3.8) is 0 Å². The smallest absolute Gasteiger partial charge is 0.268 e. The lowest BCUT2D eigenvalue weighted by Gasteiger charge is -2.12. The number of halogens is 1. The third-order valence-electron chi connectivity index (χ3n) is 2.57. The molecule has 0 atom stereocenters. The molecule has 1 aliphatic rings. The molecule has 19 heavy (non-hydrogen) atoms. The number of nitrogens with zero attached hydrogens (tertiary/aromatic N) is 4. The Morgan fingerprint density at radius 3 is 2.84 bits per heavy atom. The molecule has 98 valence electrons. The van der Waals surface area contributed by atoms with E-state index < -0.39 is 15.9 Å². The van der Waals surface area contributed by atoms with E-state index in [4.69, 9.17) is 11.6 Å². The predicted molar refractivity (Wildman–Crippen MR) is 66.2 cm³/mol. The van der Waals surface area contributed by atoms with Crippen LogP contribution in [0.5, 0.6) is 0 Å². The van der Waals surface area contributed by atoms with E-state index >= 15 is 0 Å². The van der Waals surface area contributed by atoms with Crippen LogP contribution in [0.25, 0.3) is 0 Å². The Balaban J connectivity index is 2.06. The highest BCUT2D eigenvalue weighted by Gasteiger charge is 2.42. The minimum atomic E-state index is -3.94. The summed E-state index contributed by atoms with van der Waals surface area (Å²) in [6.45, 7) is -0.243. The van der Waals surface area contributed by atoms with E-state index in [1.54, 1.807) is 0 Å². The fourth-order valence-electron chi connectivity index (χ4n) is 1.69. The molecule has 0 saturated heterocycles. The number of sulfonamides is 1. The van der Waals surface area contributed by atoms with Gasteiger partial charge in [-0.3, -0.25) is 4.79 Å². The Kier molecular flexibility index (Phi) is 2.77. The number of pyridine rings is 1. The standard InChI is InChI=1S/C9H5ClN4O3S2/c10-7-6(12-13-18-7)4-14-9(15)5-2-1-3-11-8(5)19(14,16)17/h1-3H,4H2. The molecule has 7 nitrogen and oxygen atoms in total. The van der Waals surface area contributed by atoms with Crippen molar-refractivity contribution in [2.75, 3.05) is 0 Å². The molecule has 2 aromatic rings. The Morgan fingerprint density at radius 2 is 2.21 bits per heavy atom. The van der Waals surface area contributed by atoms with Crippen LogP contribution < -0.4 is 0 Å². The summed E-state index contributed by atoms with van der Waals surface area (Å²) >= 11 is 6.74. The first-order chi connectivity index (χ1) is 9.01. The van der Waals surface area contributed by atoms with Crippen molar-refractivity contribution in [1.29, 1.82) is 0 Å². The van der Waals surface area contributed by atoms with Crippen LogP contribution in [0.4, 0.5) is 0 Å². The molecule has 0 spiro atoms. The van der Waals surface area contributed by atoms with Crippen LogP contribution in [0.15, 0.2) is 23.4 Å². The third-order valence-corrected chi connectivity index (χ3v) is 5.24. The van der Waals surface area contributed by atoms with Crippen LogP contribution in [0.2, 0.25) is 4.34 Å². The molecule has 0 aliphatic carbocycles. The first-order valence-corrected chi connectivity index (χ1v) is 7.60. The molecule has 0 aromatic carbocycles. The Labute approximate surface area is 117 Å². The second kappa shape index (κ2) is 4.22. The van der Waals surface area contributed by atoms with Gasteiger partial charge in [0.05, 0.1) is 12.1 Å². The van der Waals surface area contributed by atoms with Gasteiger partial charge in [-0.05, 0) is 12.1 Å². The summed E-state index contributed by atoms with van der Waals surface area (Å²) in [5.41, 5.74) is 0.304. The molecule has 0 radical (unpaired) electrons. The number of hydrogen-bond donors (Lipinski definition) is 0. The van der Waals surface area contributed by atoms with Crippen molar-refractivity contribution in [1.82, 2.24) is 18.9 Å². The Hall–Kier alpha value is -1.58. The minimum absolute atomic E-state index is 0.0572. The number of fused-ring (bicyclic) bond motifs is 1.